The van der Waals surface area contributed by atoms with Gasteiger partial charge in [-0.15, -0.1) is 0 Å². The average molecular weight is 673 g/mol. The average Bonchev–Trinajstić information content (AvgIpc) is 3.61. The third-order valence-electron chi connectivity index (χ3n) is 12.4. The molecule has 0 nitrogen and oxygen atoms in total. The quantitative estimate of drug-likeness (QED) is 0.200. The third-order valence-corrected chi connectivity index (χ3v) is 33.2. The van der Waals surface area contributed by atoms with E-state index >= 15 is 0 Å². The molecule has 0 aromatic heterocycles. The van der Waals surface area contributed by atoms with E-state index in [-0.39, 0.29) is 14.9 Å². The van der Waals surface area contributed by atoms with Gasteiger partial charge >= 0.3 is 37.9 Å². The van der Waals surface area contributed by atoms with Gasteiger partial charge in [0.25, 0.3) is 0 Å². The summed E-state index contributed by atoms with van der Waals surface area (Å²) in [5.74, 6) is 6.03. The van der Waals surface area contributed by atoms with Crippen LogP contribution in [0, 0.1) is 44.4 Å². The van der Waals surface area contributed by atoms with Crippen LogP contribution in [0.15, 0.2) is 30.3 Å². The number of hydrogen-bond acceptors (Lipinski definition) is 0. The Morgan fingerprint density at radius 3 is 2.13 bits per heavy atom. The Bertz CT molecular complexity index is 816. The molecule has 5 heteroatoms. The molecule has 4 fully saturated rings. The second-order valence-corrected chi connectivity index (χ2v) is 34.0. The molecule has 1 aromatic rings. The number of fused-ring (bicyclic) bond motifs is 2. The van der Waals surface area contributed by atoms with Crippen LogP contribution in [0.25, 0.3) is 0 Å². The summed E-state index contributed by atoms with van der Waals surface area (Å²) in [7, 11) is 7.38. The van der Waals surface area contributed by atoms with E-state index in [1.54, 1.807) is 44.1 Å². The van der Waals surface area contributed by atoms with Crippen LogP contribution in [0.5, 0.6) is 0 Å². The van der Waals surface area contributed by atoms with Gasteiger partial charge in [-0.3, -0.25) is 0 Å². The molecule has 0 heterocycles. The van der Waals surface area contributed by atoms with Crippen LogP contribution in [0.3, 0.4) is 0 Å². The predicted molar refractivity (Wildman–Crippen MR) is 175 cm³/mol. The number of hydrogen-bond donors (Lipinski definition) is 0. The summed E-state index contributed by atoms with van der Waals surface area (Å²) in [5, 5.41) is 0. The van der Waals surface area contributed by atoms with Crippen molar-refractivity contribution in [3.8, 4) is 0 Å². The summed E-state index contributed by atoms with van der Waals surface area (Å²) < 4.78 is 0. The molecule has 0 bridgehead atoms. The molecule has 0 aliphatic heterocycles. The van der Waals surface area contributed by atoms with Gasteiger partial charge in [-0.05, 0) is 71.4 Å². The molecular formula is C33H58Cl2Si2Zr. The molecule has 8 atom stereocenters. The first-order valence-corrected chi connectivity index (χ1v) is 28.8. The van der Waals surface area contributed by atoms with Crippen LogP contribution < -0.4 is 0 Å². The molecule has 4 saturated carbocycles. The molecular weight excluding hydrogens is 615 g/mol. The minimum absolute atomic E-state index is 0. The summed E-state index contributed by atoms with van der Waals surface area (Å²) in [5.41, 5.74) is 3.95. The normalized spacial score (nSPS) is 34.1. The van der Waals surface area contributed by atoms with Gasteiger partial charge in [0, 0.05) is 15.2 Å². The topological polar surface area (TPSA) is 0 Å². The van der Waals surface area contributed by atoms with Crippen molar-refractivity contribution >= 4 is 32.2 Å². The van der Waals surface area contributed by atoms with Crippen molar-refractivity contribution in [2.45, 2.75) is 127 Å². The molecule has 0 radical (unpaired) electrons. The fourth-order valence-electron chi connectivity index (χ4n) is 9.94. The van der Waals surface area contributed by atoms with Crippen molar-refractivity contribution in [1.29, 1.82) is 0 Å². The van der Waals surface area contributed by atoms with Crippen molar-refractivity contribution in [3.05, 3.63) is 50.7 Å². The Morgan fingerprint density at radius 1 is 0.789 bits per heavy atom. The molecule has 0 saturated heterocycles. The molecule has 38 heavy (non-hydrogen) atoms. The summed E-state index contributed by atoms with van der Waals surface area (Å²) in [6.45, 7) is 14.0. The van der Waals surface area contributed by atoms with Crippen LogP contribution in [-0.4, -0.2) is 15.2 Å². The zero-order valence-corrected chi connectivity index (χ0v) is 31.7. The molecule has 0 spiro atoms. The molecule has 5 rings (SSSR count). The van der Waals surface area contributed by atoms with Crippen molar-refractivity contribution in [2.75, 3.05) is 0 Å². The van der Waals surface area contributed by atoms with E-state index in [0.29, 0.717) is 0 Å². The second kappa shape index (κ2) is 15.5. The summed E-state index contributed by atoms with van der Waals surface area (Å²) in [6, 6.07) is 11.9. The molecule has 0 N–H and O–H groups in total. The van der Waals surface area contributed by atoms with E-state index in [0.717, 1.165) is 46.6 Å². The van der Waals surface area contributed by atoms with E-state index in [9.17, 15) is 0 Å². The zero-order chi connectivity index (χ0) is 25.9. The van der Waals surface area contributed by atoms with Gasteiger partial charge in [0.1, 0.15) is 0 Å². The van der Waals surface area contributed by atoms with E-state index in [2.05, 4.69) is 63.4 Å². The standard InChI is InChI=1S/C31H52Si2.2CH3.2ClH.Zr/c1-6-7-12-23-17-18-26(21-23)32(2,3)33(4,5)30-20-19-28-29(30)22-25-15-11-16-27(25)31(28)24-13-9-8-10-14-24;;;;;/h8-10,13-14,23,25-31H,6-7,11-12,15-22H2,1-5H3;2*1H3;2*1H;/q;2*-1;;;+4/p-2. The van der Waals surface area contributed by atoms with Gasteiger partial charge in [0.05, 0.1) is 0 Å². The molecule has 0 amide bonds. The Balaban J connectivity index is 0.000000969. The fourth-order valence-corrected chi connectivity index (χ4v) is 24.0. The Labute approximate surface area is 258 Å². The van der Waals surface area contributed by atoms with Crippen LogP contribution >= 0.6 is 17.0 Å². The van der Waals surface area contributed by atoms with Gasteiger partial charge in [0.15, 0.2) is 0 Å². The Kier molecular flexibility index (Phi) is 14.4. The zero-order valence-electron chi connectivity index (χ0n) is 25.7. The molecule has 4 aliphatic carbocycles. The van der Waals surface area contributed by atoms with Crippen molar-refractivity contribution in [3.63, 3.8) is 0 Å². The van der Waals surface area contributed by atoms with Gasteiger partial charge in [-0.1, -0.05) is 121 Å². The first-order chi connectivity index (χ1) is 17.3. The fraction of sp³-hybridized carbons (Fsp3) is 0.758. The molecule has 8 unspecified atom stereocenters. The predicted octanol–water partition coefficient (Wildman–Crippen LogP) is 12.1. The number of halogens is 2. The summed E-state index contributed by atoms with van der Waals surface area (Å²) in [4.78, 5) is 0. The molecule has 216 valence electrons. The molecule has 1 aromatic carbocycles. The van der Waals surface area contributed by atoms with Crippen molar-refractivity contribution < 1.29 is 20.8 Å². The van der Waals surface area contributed by atoms with Crippen LogP contribution in [-0.2, 0) is 20.8 Å². The van der Waals surface area contributed by atoms with Gasteiger partial charge in [0.2, 0.25) is 0 Å². The first kappa shape index (κ1) is 35.3. The van der Waals surface area contributed by atoms with Gasteiger partial charge < -0.3 is 14.9 Å². The third kappa shape index (κ3) is 7.18. The van der Waals surface area contributed by atoms with Crippen molar-refractivity contribution in [2.24, 2.45) is 29.6 Å². The number of benzene rings is 1. The van der Waals surface area contributed by atoms with Gasteiger partial charge in [-0.2, -0.15) is 0 Å². The van der Waals surface area contributed by atoms with E-state index < -0.39 is 36.0 Å². The second-order valence-electron chi connectivity index (χ2n) is 14.1. The minimum atomic E-state index is -1.27. The van der Waals surface area contributed by atoms with E-state index in [1.807, 2.05) is 0 Å². The van der Waals surface area contributed by atoms with Gasteiger partial charge in [-0.25, -0.2) is 0 Å². The maximum atomic E-state index is 4.93. The Morgan fingerprint density at radius 2 is 1.47 bits per heavy atom. The van der Waals surface area contributed by atoms with Crippen LogP contribution in [0.2, 0.25) is 37.3 Å². The van der Waals surface area contributed by atoms with E-state index in [4.69, 9.17) is 17.0 Å². The monoisotopic (exact) mass is 670 g/mol. The Hall–Kier alpha value is 1.12. The van der Waals surface area contributed by atoms with E-state index in [1.165, 1.54) is 38.5 Å². The molecule has 4 aliphatic rings. The maximum absolute atomic E-state index is 4.93. The number of rotatable bonds is 7. The number of unbranched alkanes of at least 4 members (excludes halogenated alkanes) is 1. The summed E-state index contributed by atoms with van der Waals surface area (Å²) in [6.07, 6.45) is 18.4. The van der Waals surface area contributed by atoms with Crippen LogP contribution in [0.1, 0.15) is 95.5 Å². The van der Waals surface area contributed by atoms with Crippen molar-refractivity contribution in [1.82, 2.24) is 0 Å². The summed E-state index contributed by atoms with van der Waals surface area (Å²) >= 11 is -0.826. The van der Waals surface area contributed by atoms with Crippen LogP contribution in [0.4, 0.5) is 0 Å². The first-order valence-electron chi connectivity index (χ1n) is 15.3. The SMILES string of the molecule is CCCCC1CCC([Si](C)(C)[Si](C)(C)C2CCC3C2CC2CCCC2C3c2ccccc2)C1.[CH3-].[CH3-].[Cl][Zr+2][Cl].